The van der Waals surface area contributed by atoms with Crippen molar-refractivity contribution in [3.8, 4) is 23.3 Å². The van der Waals surface area contributed by atoms with E-state index in [-0.39, 0.29) is 12.4 Å². The highest BCUT2D eigenvalue weighted by molar-refractivity contribution is 5.97. The van der Waals surface area contributed by atoms with Gasteiger partial charge in [-0.3, -0.25) is 14.8 Å². The number of carbonyl (C=O) groups is 2. The Morgan fingerprint density at radius 1 is 1.14 bits per heavy atom. The molecule has 0 aliphatic carbocycles. The van der Waals surface area contributed by atoms with Gasteiger partial charge in [0, 0.05) is 16.7 Å². The maximum atomic E-state index is 12.4. The van der Waals surface area contributed by atoms with Crippen LogP contribution in [-0.2, 0) is 4.79 Å². The van der Waals surface area contributed by atoms with Crippen molar-refractivity contribution in [2.45, 2.75) is 25.4 Å². The van der Waals surface area contributed by atoms with Gasteiger partial charge in [-0.1, -0.05) is 11.8 Å². The van der Waals surface area contributed by atoms with Crippen LogP contribution in [-0.4, -0.2) is 40.3 Å². The molecule has 1 atom stereocenters. The topological polar surface area (TPSA) is 134 Å². The Balaban J connectivity index is 1.94. The molecule has 0 aliphatic rings. The highest BCUT2D eigenvalue weighted by Crippen LogP contribution is 2.13. The first-order valence-electron chi connectivity index (χ1n) is 8.75. The molecule has 8 nitrogen and oxygen atoms in total. The summed E-state index contributed by atoms with van der Waals surface area (Å²) in [5.41, 5.74) is 7.36. The Morgan fingerprint density at radius 3 is 2.31 bits per heavy atom. The van der Waals surface area contributed by atoms with Gasteiger partial charge in [-0.2, -0.15) is 0 Å². The minimum atomic E-state index is -1.12. The molecule has 0 spiro atoms. The van der Waals surface area contributed by atoms with E-state index in [0.717, 1.165) is 5.56 Å². The van der Waals surface area contributed by atoms with E-state index in [1.165, 1.54) is 17.6 Å². The zero-order chi connectivity index (χ0) is 21.4. The summed E-state index contributed by atoms with van der Waals surface area (Å²) in [5, 5.41) is 20.6. The average Bonchev–Trinajstić information content (AvgIpc) is 2.69. The van der Waals surface area contributed by atoms with Crippen LogP contribution in [0.15, 0.2) is 48.5 Å². The quantitative estimate of drug-likeness (QED) is 0.282. The molecule has 2 aromatic carbocycles. The highest BCUT2D eigenvalue weighted by atomic mass is 16.5. The van der Waals surface area contributed by atoms with Gasteiger partial charge in [0.15, 0.2) is 0 Å². The number of amides is 2. The third-order valence-corrected chi connectivity index (χ3v) is 3.92. The van der Waals surface area contributed by atoms with Crippen molar-refractivity contribution in [2.24, 2.45) is 5.73 Å². The smallest absolute Gasteiger partial charge is 0.267 e. The number of nitrogens with one attached hydrogen (secondary N) is 2. The van der Waals surface area contributed by atoms with Gasteiger partial charge in [-0.15, -0.1) is 0 Å². The summed E-state index contributed by atoms with van der Waals surface area (Å²) >= 11 is 0. The molecular weight excluding hydrogens is 374 g/mol. The minimum Gasteiger partial charge on any atom is -0.508 e. The van der Waals surface area contributed by atoms with E-state index >= 15 is 0 Å². The summed E-state index contributed by atoms with van der Waals surface area (Å²) in [6.45, 7) is 3.26. The Bertz CT molecular complexity index is 907. The van der Waals surface area contributed by atoms with Crippen molar-refractivity contribution < 1.29 is 24.6 Å². The molecular formula is C21H23N3O5. The SMILES string of the molecule is CC(C)(N)C(NC(=O)c1ccc(OCC#Cc2ccc(O)cc2)cc1)C(=O)NO. The molecule has 29 heavy (non-hydrogen) atoms. The van der Waals surface area contributed by atoms with Gasteiger partial charge in [-0.05, 0) is 62.4 Å². The van der Waals surface area contributed by atoms with Gasteiger partial charge < -0.3 is 20.9 Å². The van der Waals surface area contributed by atoms with E-state index in [1.807, 2.05) is 0 Å². The largest absolute Gasteiger partial charge is 0.508 e. The second kappa shape index (κ2) is 9.59. The number of benzene rings is 2. The molecule has 152 valence electrons. The summed E-state index contributed by atoms with van der Waals surface area (Å²) in [4.78, 5) is 24.1. The normalized spacial score (nSPS) is 11.6. The number of hydrogen-bond acceptors (Lipinski definition) is 6. The van der Waals surface area contributed by atoms with Crippen molar-refractivity contribution in [1.82, 2.24) is 10.8 Å². The predicted molar refractivity (Wildman–Crippen MR) is 106 cm³/mol. The van der Waals surface area contributed by atoms with Gasteiger partial charge in [0.25, 0.3) is 11.8 Å². The molecule has 0 saturated heterocycles. The highest BCUT2D eigenvalue weighted by Gasteiger charge is 2.33. The molecule has 0 aliphatic heterocycles. The standard InChI is InChI=1S/C21H23N3O5/c1-21(2,22)18(20(27)24-28)23-19(26)15-7-11-17(12-8-15)29-13-3-4-14-5-9-16(25)10-6-14/h5-12,18,25,28H,13,22H2,1-2H3,(H,23,26)(H,24,27). The molecule has 0 bridgehead atoms. The van der Waals surface area contributed by atoms with Crippen LogP contribution in [0, 0.1) is 11.8 Å². The van der Waals surface area contributed by atoms with Gasteiger partial charge in [-0.25, -0.2) is 5.48 Å². The zero-order valence-electron chi connectivity index (χ0n) is 16.1. The van der Waals surface area contributed by atoms with Gasteiger partial charge in [0.05, 0.1) is 0 Å². The first-order chi connectivity index (χ1) is 13.7. The third kappa shape index (κ3) is 6.53. The summed E-state index contributed by atoms with van der Waals surface area (Å²) in [5.74, 6) is 5.13. The lowest BCUT2D eigenvalue weighted by Crippen LogP contribution is -2.61. The van der Waals surface area contributed by atoms with Crippen molar-refractivity contribution in [2.75, 3.05) is 6.61 Å². The van der Waals surface area contributed by atoms with Crippen LogP contribution in [0.4, 0.5) is 0 Å². The average molecular weight is 397 g/mol. The lowest BCUT2D eigenvalue weighted by atomic mass is 9.95. The van der Waals surface area contributed by atoms with Crippen LogP contribution in [0.25, 0.3) is 0 Å². The maximum Gasteiger partial charge on any atom is 0.267 e. The molecule has 0 fully saturated rings. The maximum absolute atomic E-state index is 12.4. The van der Waals surface area contributed by atoms with E-state index in [9.17, 15) is 14.7 Å². The fourth-order valence-electron chi connectivity index (χ4n) is 2.37. The fraction of sp³-hybridized carbons (Fsp3) is 0.238. The van der Waals surface area contributed by atoms with Crippen LogP contribution < -0.4 is 21.3 Å². The van der Waals surface area contributed by atoms with E-state index < -0.39 is 23.4 Å². The first-order valence-corrected chi connectivity index (χ1v) is 8.75. The number of nitrogens with two attached hydrogens (primary N) is 1. The Hall–Kier alpha value is -3.54. The number of phenols is 1. The molecule has 1 unspecified atom stereocenters. The molecule has 2 amide bonds. The summed E-state index contributed by atoms with van der Waals surface area (Å²) in [6.07, 6.45) is 0. The molecule has 0 saturated carbocycles. The number of carbonyl (C=O) groups excluding carboxylic acids is 2. The number of hydrogen-bond donors (Lipinski definition) is 5. The van der Waals surface area contributed by atoms with E-state index in [0.29, 0.717) is 11.3 Å². The molecule has 0 aromatic heterocycles. The fourth-order valence-corrected chi connectivity index (χ4v) is 2.37. The summed E-state index contributed by atoms with van der Waals surface area (Å²) in [6, 6.07) is 11.7. The number of ether oxygens (including phenoxy) is 1. The molecule has 2 aromatic rings. The van der Waals surface area contributed by atoms with Gasteiger partial charge >= 0.3 is 0 Å². The number of aromatic hydroxyl groups is 1. The molecule has 0 heterocycles. The lowest BCUT2D eigenvalue weighted by Gasteiger charge is -2.29. The van der Waals surface area contributed by atoms with Crippen molar-refractivity contribution in [3.63, 3.8) is 0 Å². The van der Waals surface area contributed by atoms with E-state index in [1.54, 1.807) is 50.2 Å². The predicted octanol–water partition coefficient (Wildman–Crippen LogP) is 1.16. The minimum absolute atomic E-state index is 0.145. The summed E-state index contributed by atoms with van der Waals surface area (Å²) < 4.78 is 5.51. The number of hydroxylamine groups is 1. The first kappa shape index (κ1) is 21.8. The van der Waals surface area contributed by atoms with E-state index in [2.05, 4.69) is 17.2 Å². The van der Waals surface area contributed by atoms with Crippen molar-refractivity contribution in [1.29, 1.82) is 0 Å². The van der Waals surface area contributed by atoms with Crippen molar-refractivity contribution >= 4 is 11.8 Å². The summed E-state index contributed by atoms with van der Waals surface area (Å²) in [7, 11) is 0. The van der Waals surface area contributed by atoms with Crippen LogP contribution >= 0.6 is 0 Å². The second-order valence-corrected chi connectivity index (χ2v) is 6.87. The number of rotatable bonds is 6. The third-order valence-electron chi connectivity index (χ3n) is 3.92. The molecule has 0 radical (unpaired) electrons. The van der Waals surface area contributed by atoms with Crippen LogP contribution in [0.2, 0.25) is 0 Å². The van der Waals surface area contributed by atoms with Crippen LogP contribution in [0.5, 0.6) is 11.5 Å². The Labute approximate surface area is 168 Å². The molecule has 8 heteroatoms. The second-order valence-electron chi connectivity index (χ2n) is 6.87. The van der Waals surface area contributed by atoms with Crippen molar-refractivity contribution in [3.05, 3.63) is 59.7 Å². The molecule has 2 rings (SSSR count). The molecule has 6 N–H and O–H groups in total. The Kier molecular flexibility index (Phi) is 7.20. The van der Waals surface area contributed by atoms with Crippen LogP contribution in [0.3, 0.4) is 0 Å². The van der Waals surface area contributed by atoms with E-state index in [4.69, 9.17) is 15.7 Å². The monoisotopic (exact) mass is 397 g/mol. The van der Waals surface area contributed by atoms with Gasteiger partial charge in [0.1, 0.15) is 24.1 Å². The van der Waals surface area contributed by atoms with Crippen LogP contribution in [0.1, 0.15) is 29.8 Å². The zero-order valence-corrected chi connectivity index (χ0v) is 16.1. The lowest BCUT2D eigenvalue weighted by molar-refractivity contribution is -0.132. The van der Waals surface area contributed by atoms with Gasteiger partial charge in [0.2, 0.25) is 0 Å². The number of phenolic OH excluding ortho intramolecular Hbond substituents is 1. The Morgan fingerprint density at radius 2 is 1.76 bits per heavy atom.